The maximum absolute atomic E-state index is 12.4. The zero-order valence-corrected chi connectivity index (χ0v) is 12.2. The fraction of sp³-hybridized carbons (Fsp3) is 0.462. The molecule has 20 heavy (non-hydrogen) atoms. The van der Waals surface area contributed by atoms with Gasteiger partial charge in [-0.25, -0.2) is 8.42 Å². The van der Waals surface area contributed by atoms with Gasteiger partial charge in [-0.1, -0.05) is 13.8 Å². The highest BCUT2D eigenvalue weighted by Crippen LogP contribution is 2.18. The minimum Gasteiger partial charge on any atom is -0.349 e. The van der Waals surface area contributed by atoms with Crippen LogP contribution in [0.2, 0.25) is 0 Å². The molecule has 0 aliphatic heterocycles. The number of amides is 1. The fourth-order valence-corrected chi connectivity index (χ4v) is 2.08. The highest BCUT2D eigenvalue weighted by Gasteiger charge is 2.26. The van der Waals surface area contributed by atoms with Crippen LogP contribution in [0.1, 0.15) is 31.1 Å². The molecule has 4 nitrogen and oxygen atoms in total. The predicted octanol–water partition coefficient (Wildman–Crippen LogP) is 2.46. The van der Waals surface area contributed by atoms with Crippen molar-refractivity contribution in [1.82, 2.24) is 5.32 Å². The van der Waals surface area contributed by atoms with Crippen molar-refractivity contribution in [2.45, 2.75) is 37.5 Å². The lowest BCUT2D eigenvalue weighted by Gasteiger charge is -2.17. The van der Waals surface area contributed by atoms with Gasteiger partial charge in [-0.2, -0.15) is 8.78 Å². The summed E-state index contributed by atoms with van der Waals surface area (Å²) in [6, 6.07) is 4.41. The molecule has 0 aliphatic rings. The van der Waals surface area contributed by atoms with Crippen molar-refractivity contribution in [3.8, 4) is 0 Å². The molecule has 0 radical (unpaired) electrons. The summed E-state index contributed by atoms with van der Waals surface area (Å²) in [6.07, 6.45) is 0. The van der Waals surface area contributed by atoms with E-state index in [0.717, 1.165) is 12.1 Å². The third kappa shape index (κ3) is 3.75. The molecule has 1 aromatic rings. The van der Waals surface area contributed by atoms with Gasteiger partial charge in [0.25, 0.3) is 5.91 Å². The van der Waals surface area contributed by atoms with Crippen LogP contribution >= 0.6 is 0 Å². The van der Waals surface area contributed by atoms with E-state index in [0.29, 0.717) is 0 Å². The molecule has 1 N–H and O–H groups in total. The Labute approximate surface area is 117 Å². The zero-order chi connectivity index (χ0) is 15.5. The predicted molar refractivity (Wildman–Crippen MR) is 71.4 cm³/mol. The molecule has 0 spiro atoms. The molecule has 1 aromatic carbocycles. The van der Waals surface area contributed by atoms with Crippen molar-refractivity contribution in [2.75, 3.05) is 0 Å². The van der Waals surface area contributed by atoms with Gasteiger partial charge >= 0.3 is 5.76 Å². The van der Waals surface area contributed by atoms with Gasteiger partial charge in [-0.15, -0.1) is 0 Å². The van der Waals surface area contributed by atoms with Crippen LogP contribution in [0.15, 0.2) is 29.2 Å². The normalized spacial score (nSPS) is 13.6. The number of nitrogens with one attached hydrogen (secondary N) is 1. The van der Waals surface area contributed by atoms with E-state index in [1.54, 1.807) is 0 Å². The van der Waals surface area contributed by atoms with Crippen LogP contribution in [0.4, 0.5) is 8.78 Å². The van der Waals surface area contributed by atoms with E-state index in [4.69, 9.17) is 0 Å². The van der Waals surface area contributed by atoms with Crippen LogP contribution in [-0.2, 0) is 9.84 Å². The molecule has 112 valence electrons. The highest BCUT2D eigenvalue weighted by molar-refractivity contribution is 7.91. The summed E-state index contributed by atoms with van der Waals surface area (Å²) in [5.41, 5.74) is 0.228. The number of hydrogen-bond donors (Lipinski definition) is 1. The van der Waals surface area contributed by atoms with Gasteiger partial charge in [0, 0.05) is 11.6 Å². The maximum Gasteiger partial charge on any atom is 0.341 e. The van der Waals surface area contributed by atoms with Gasteiger partial charge in [-0.3, -0.25) is 4.79 Å². The van der Waals surface area contributed by atoms with Gasteiger partial charge < -0.3 is 5.32 Å². The minimum absolute atomic E-state index is 0.0491. The number of carbonyl (C=O) groups excluding carboxylic acids is 1. The largest absolute Gasteiger partial charge is 0.349 e. The molecular weight excluding hydrogens is 288 g/mol. The second-order valence-corrected chi connectivity index (χ2v) is 6.75. The van der Waals surface area contributed by atoms with Gasteiger partial charge in [0.05, 0.1) is 4.90 Å². The summed E-state index contributed by atoms with van der Waals surface area (Å²) in [4.78, 5) is 11.3. The molecule has 0 saturated heterocycles. The van der Waals surface area contributed by atoms with Crippen molar-refractivity contribution in [3.05, 3.63) is 29.8 Å². The second kappa shape index (κ2) is 6.30. The topological polar surface area (TPSA) is 63.2 Å². The highest BCUT2D eigenvalue weighted by atomic mass is 32.2. The van der Waals surface area contributed by atoms with Crippen LogP contribution in [-0.4, -0.2) is 26.1 Å². The van der Waals surface area contributed by atoms with Crippen LogP contribution in [0.25, 0.3) is 0 Å². The number of halogens is 2. The summed E-state index contributed by atoms with van der Waals surface area (Å²) < 4.78 is 47.2. The zero-order valence-electron chi connectivity index (χ0n) is 11.4. The number of sulfone groups is 1. The first-order valence-corrected chi connectivity index (χ1v) is 7.64. The number of rotatable bonds is 5. The molecular formula is C13H17F2NO3S. The molecule has 0 bridgehead atoms. The van der Waals surface area contributed by atoms with Crippen LogP contribution < -0.4 is 5.32 Å². The van der Waals surface area contributed by atoms with E-state index in [9.17, 15) is 22.0 Å². The summed E-state index contributed by atoms with van der Waals surface area (Å²) in [6.45, 7) is 5.74. The van der Waals surface area contributed by atoms with E-state index in [2.05, 4.69) is 5.32 Å². The third-order valence-corrected chi connectivity index (χ3v) is 4.44. The molecule has 0 aliphatic carbocycles. The maximum atomic E-state index is 12.4. The Morgan fingerprint density at radius 1 is 1.10 bits per heavy atom. The van der Waals surface area contributed by atoms with Crippen molar-refractivity contribution in [2.24, 2.45) is 5.92 Å². The van der Waals surface area contributed by atoms with E-state index in [-0.39, 0.29) is 23.4 Å². The lowest BCUT2D eigenvalue weighted by Crippen LogP contribution is -2.36. The first-order valence-electron chi connectivity index (χ1n) is 6.09. The third-order valence-electron chi connectivity index (χ3n) is 3.04. The second-order valence-electron chi connectivity index (χ2n) is 4.84. The van der Waals surface area contributed by atoms with Crippen molar-refractivity contribution < 1.29 is 22.0 Å². The first kappa shape index (κ1) is 16.6. The van der Waals surface area contributed by atoms with Crippen molar-refractivity contribution in [3.63, 3.8) is 0 Å². The monoisotopic (exact) mass is 305 g/mol. The number of benzene rings is 1. The Morgan fingerprint density at radius 3 is 2.00 bits per heavy atom. The lowest BCUT2D eigenvalue weighted by atomic mass is 10.1. The van der Waals surface area contributed by atoms with Gasteiger partial charge in [-0.05, 0) is 37.1 Å². The van der Waals surface area contributed by atoms with Crippen LogP contribution in [0, 0.1) is 5.92 Å². The number of hydrogen-bond acceptors (Lipinski definition) is 3. The molecule has 0 heterocycles. The Balaban J connectivity index is 2.90. The minimum atomic E-state index is -4.62. The lowest BCUT2D eigenvalue weighted by molar-refractivity contribution is 0.0930. The van der Waals surface area contributed by atoms with Gasteiger partial charge in [0.1, 0.15) is 0 Å². The molecule has 1 rings (SSSR count). The van der Waals surface area contributed by atoms with E-state index < -0.39 is 20.5 Å². The van der Waals surface area contributed by atoms with E-state index >= 15 is 0 Å². The Morgan fingerprint density at radius 2 is 1.60 bits per heavy atom. The first-order chi connectivity index (χ1) is 9.16. The molecule has 7 heteroatoms. The Bertz CT molecular complexity index is 568. The van der Waals surface area contributed by atoms with Crippen LogP contribution in [0.5, 0.6) is 0 Å². The van der Waals surface area contributed by atoms with Gasteiger partial charge in [0.2, 0.25) is 9.84 Å². The van der Waals surface area contributed by atoms with E-state index in [1.165, 1.54) is 12.1 Å². The number of alkyl halides is 2. The van der Waals surface area contributed by atoms with Crippen molar-refractivity contribution >= 4 is 15.7 Å². The number of carbonyl (C=O) groups is 1. The summed E-state index contributed by atoms with van der Waals surface area (Å²) in [7, 11) is -4.62. The molecule has 0 aromatic heterocycles. The average Bonchev–Trinajstić information content (AvgIpc) is 2.38. The SMILES string of the molecule is CC(C)C(C)NC(=O)c1ccc(S(=O)(=O)C(F)F)cc1. The van der Waals surface area contributed by atoms with Crippen molar-refractivity contribution in [1.29, 1.82) is 0 Å². The Hall–Kier alpha value is -1.50. The van der Waals surface area contributed by atoms with Crippen LogP contribution in [0.3, 0.4) is 0 Å². The smallest absolute Gasteiger partial charge is 0.341 e. The fourth-order valence-electron chi connectivity index (χ4n) is 1.36. The molecule has 1 unspecified atom stereocenters. The standard InChI is InChI=1S/C13H17F2NO3S/c1-8(2)9(3)16-12(17)10-4-6-11(7-5-10)20(18,19)13(14)15/h4-9,13H,1-3H3,(H,16,17). The summed E-state index contributed by atoms with van der Waals surface area (Å²) in [5, 5.41) is 2.74. The molecule has 0 fully saturated rings. The summed E-state index contributed by atoms with van der Waals surface area (Å²) >= 11 is 0. The Kier molecular flexibility index (Phi) is 5.21. The average molecular weight is 305 g/mol. The quantitative estimate of drug-likeness (QED) is 0.909. The van der Waals surface area contributed by atoms with E-state index in [1.807, 2.05) is 20.8 Å². The summed E-state index contributed by atoms with van der Waals surface area (Å²) in [5.74, 6) is -3.59. The molecule has 1 amide bonds. The molecule has 0 saturated carbocycles. The van der Waals surface area contributed by atoms with Gasteiger partial charge in [0.15, 0.2) is 0 Å². The molecule has 1 atom stereocenters.